The van der Waals surface area contributed by atoms with Crippen LogP contribution in [0.25, 0.3) is 11.5 Å². The van der Waals surface area contributed by atoms with E-state index >= 15 is 0 Å². The molecule has 8 heteroatoms. The highest BCUT2D eigenvalue weighted by Crippen LogP contribution is 2.39. The summed E-state index contributed by atoms with van der Waals surface area (Å²) in [7, 11) is -4.37. The molecule has 17 heavy (non-hydrogen) atoms. The van der Waals surface area contributed by atoms with E-state index in [4.69, 9.17) is 4.42 Å². The van der Waals surface area contributed by atoms with Crippen molar-refractivity contribution < 1.29 is 18.8 Å². The normalized spacial score (nSPS) is 11.7. The highest BCUT2D eigenvalue weighted by molar-refractivity contribution is 7.98. The molecule has 2 heterocycles. The SMILES string of the molecule is CSc1nccnc1-c1occc1P(=O)(O)O. The summed E-state index contributed by atoms with van der Waals surface area (Å²) in [6.07, 6.45) is 5.98. The summed E-state index contributed by atoms with van der Waals surface area (Å²) in [4.78, 5) is 26.5. The predicted molar refractivity (Wildman–Crippen MR) is 63.2 cm³/mol. The average molecular weight is 272 g/mol. The van der Waals surface area contributed by atoms with Crippen molar-refractivity contribution in [3.63, 3.8) is 0 Å². The summed E-state index contributed by atoms with van der Waals surface area (Å²) < 4.78 is 16.4. The highest BCUT2D eigenvalue weighted by Gasteiger charge is 2.27. The summed E-state index contributed by atoms with van der Waals surface area (Å²) in [5, 5.41) is 0.380. The lowest BCUT2D eigenvalue weighted by atomic mass is 10.3. The van der Waals surface area contributed by atoms with Crippen molar-refractivity contribution in [2.45, 2.75) is 5.03 Å². The summed E-state index contributed by atoms with van der Waals surface area (Å²) in [6, 6.07) is 1.24. The van der Waals surface area contributed by atoms with Crippen LogP contribution in [0.1, 0.15) is 0 Å². The summed E-state index contributed by atoms with van der Waals surface area (Å²) in [5.41, 5.74) is 0.336. The molecule has 0 unspecified atom stereocenters. The Bertz CT molecular complexity index is 580. The van der Waals surface area contributed by atoms with Crippen LogP contribution in [-0.2, 0) is 4.57 Å². The molecule has 0 spiro atoms. The van der Waals surface area contributed by atoms with Gasteiger partial charge in [0.1, 0.15) is 16.0 Å². The Morgan fingerprint density at radius 2 is 2.06 bits per heavy atom. The van der Waals surface area contributed by atoms with Gasteiger partial charge in [-0.25, -0.2) is 9.97 Å². The Morgan fingerprint density at radius 1 is 1.35 bits per heavy atom. The van der Waals surface area contributed by atoms with Gasteiger partial charge in [0.05, 0.1) is 6.26 Å². The quantitative estimate of drug-likeness (QED) is 0.641. The smallest absolute Gasteiger partial charge is 0.360 e. The molecule has 0 atom stereocenters. The number of hydrogen-bond acceptors (Lipinski definition) is 5. The van der Waals surface area contributed by atoms with Gasteiger partial charge in [-0.05, 0) is 12.3 Å². The lowest BCUT2D eigenvalue weighted by molar-refractivity contribution is 0.387. The minimum absolute atomic E-state index is 0.0655. The lowest BCUT2D eigenvalue weighted by Gasteiger charge is -2.06. The maximum Gasteiger partial charge on any atom is 0.360 e. The average Bonchev–Trinajstić information content (AvgIpc) is 2.77. The van der Waals surface area contributed by atoms with Crippen molar-refractivity contribution in [1.29, 1.82) is 0 Å². The third-order valence-corrected chi connectivity index (χ3v) is 3.70. The van der Waals surface area contributed by atoms with Gasteiger partial charge >= 0.3 is 7.60 Å². The molecule has 2 aromatic heterocycles. The van der Waals surface area contributed by atoms with Gasteiger partial charge in [-0.15, -0.1) is 11.8 Å². The predicted octanol–water partition coefficient (Wildman–Crippen LogP) is 1.26. The fraction of sp³-hybridized carbons (Fsp3) is 0.111. The van der Waals surface area contributed by atoms with Gasteiger partial charge in [0, 0.05) is 12.4 Å². The molecule has 0 saturated carbocycles. The second-order valence-electron chi connectivity index (χ2n) is 3.09. The number of aromatic nitrogens is 2. The van der Waals surface area contributed by atoms with Gasteiger partial charge < -0.3 is 14.2 Å². The van der Waals surface area contributed by atoms with E-state index in [1.807, 2.05) is 0 Å². The fourth-order valence-electron chi connectivity index (χ4n) is 1.34. The van der Waals surface area contributed by atoms with Crippen LogP contribution < -0.4 is 5.30 Å². The Hall–Kier alpha value is -1.14. The van der Waals surface area contributed by atoms with Crippen LogP contribution in [0.4, 0.5) is 0 Å². The molecule has 0 aliphatic carbocycles. The van der Waals surface area contributed by atoms with Crippen LogP contribution in [-0.4, -0.2) is 26.0 Å². The van der Waals surface area contributed by atoms with E-state index in [1.165, 1.54) is 36.5 Å². The minimum Gasteiger partial charge on any atom is -0.462 e. The molecule has 0 aromatic carbocycles. The Balaban J connectivity index is 2.62. The molecule has 0 fully saturated rings. The molecular formula is C9H9N2O4PS. The van der Waals surface area contributed by atoms with Crippen LogP contribution in [0.5, 0.6) is 0 Å². The van der Waals surface area contributed by atoms with Crippen molar-refractivity contribution in [2.75, 3.05) is 6.26 Å². The van der Waals surface area contributed by atoms with Gasteiger partial charge in [0.15, 0.2) is 5.76 Å². The third kappa shape index (κ3) is 2.42. The van der Waals surface area contributed by atoms with Gasteiger partial charge in [0.25, 0.3) is 0 Å². The second-order valence-corrected chi connectivity index (χ2v) is 5.46. The molecular weight excluding hydrogens is 263 g/mol. The Morgan fingerprint density at radius 3 is 2.71 bits per heavy atom. The zero-order valence-electron chi connectivity index (χ0n) is 8.77. The summed E-state index contributed by atoms with van der Waals surface area (Å²) >= 11 is 1.33. The molecule has 0 aliphatic heterocycles. The number of hydrogen-bond donors (Lipinski definition) is 2. The fourth-order valence-corrected chi connectivity index (χ4v) is 2.52. The molecule has 0 aliphatic rings. The molecule has 2 N–H and O–H groups in total. The molecule has 0 bridgehead atoms. The monoisotopic (exact) mass is 272 g/mol. The Kier molecular flexibility index (Phi) is 3.35. The van der Waals surface area contributed by atoms with Crippen LogP contribution in [0.2, 0.25) is 0 Å². The van der Waals surface area contributed by atoms with Crippen molar-refractivity contribution in [2.24, 2.45) is 0 Å². The maximum absolute atomic E-state index is 11.3. The lowest BCUT2D eigenvalue weighted by Crippen LogP contribution is -2.05. The van der Waals surface area contributed by atoms with E-state index in [-0.39, 0.29) is 11.1 Å². The van der Waals surface area contributed by atoms with Crippen molar-refractivity contribution in [3.05, 3.63) is 24.7 Å². The van der Waals surface area contributed by atoms with Crippen molar-refractivity contribution >= 4 is 24.7 Å². The summed E-state index contributed by atoms with van der Waals surface area (Å²) in [5.74, 6) is 0.0655. The van der Waals surface area contributed by atoms with Gasteiger partial charge in [0.2, 0.25) is 0 Å². The summed E-state index contributed by atoms with van der Waals surface area (Å²) in [6.45, 7) is 0. The van der Waals surface area contributed by atoms with Gasteiger partial charge in [-0.3, -0.25) is 4.57 Å². The first-order chi connectivity index (χ1) is 8.04. The second kappa shape index (κ2) is 4.62. The zero-order valence-corrected chi connectivity index (χ0v) is 10.5. The zero-order chi connectivity index (χ0) is 12.5. The van der Waals surface area contributed by atoms with E-state index in [9.17, 15) is 14.4 Å². The van der Waals surface area contributed by atoms with E-state index in [0.717, 1.165) is 0 Å². The first kappa shape index (κ1) is 12.3. The number of rotatable bonds is 3. The largest absolute Gasteiger partial charge is 0.462 e. The van der Waals surface area contributed by atoms with E-state index < -0.39 is 7.60 Å². The number of furan rings is 1. The molecule has 6 nitrogen and oxygen atoms in total. The molecule has 0 radical (unpaired) electrons. The first-order valence-corrected chi connectivity index (χ1v) is 7.36. The molecule has 2 rings (SSSR count). The van der Waals surface area contributed by atoms with Crippen molar-refractivity contribution in [1.82, 2.24) is 9.97 Å². The van der Waals surface area contributed by atoms with Crippen LogP contribution in [0, 0.1) is 0 Å². The van der Waals surface area contributed by atoms with E-state index in [1.54, 1.807) is 6.26 Å². The van der Waals surface area contributed by atoms with E-state index in [2.05, 4.69) is 9.97 Å². The maximum atomic E-state index is 11.3. The van der Waals surface area contributed by atoms with Crippen LogP contribution in [0.15, 0.2) is 34.2 Å². The third-order valence-electron chi connectivity index (χ3n) is 2.03. The van der Waals surface area contributed by atoms with Crippen LogP contribution in [0.3, 0.4) is 0 Å². The molecule has 0 amide bonds. The minimum atomic E-state index is -4.37. The van der Waals surface area contributed by atoms with Crippen LogP contribution >= 0.6 is 19.4 Å². The first-order valence-electron chi connectivity index (χ1n) is 4.53. The highest BCUT2D eigenvalue weighted by atomic mass is 32.2. The Labute approximate surface area is 101 Å². The molecule has 0 saturated heterocycles. The standard InChI is InChI=1S/C9H9N2O4PS/c1-17-9-7(10-3-4-11-9)8-6(2-5-15-8)16(12,13)14/h2-5H,1H3,(H2,12,13,14). The van der Waals surface area contributed by atoms with Gasteiger partial charge in [-0.2, -0.15) is 0 Å². The molecule has 90 valence electrons. The van der Waals surface area contributed by atoms with Gasteiger partial charge in [-0.1, -0.05) is 0 Å². The number of thioether (sulfide) groups is 1. The topological polar surface area (TPSA) is 96.5 Å². The number of nitrogens with zero attached hydrogens (tertiary/aromatic N) is 2. The van der Waals surface area contributed by atoms with Crippen molar-refractivity contribution in [3.8, 4) is 11.5 Å². The van der Waals surface area contributed by atoms with E-state index in [0.29, 0.717) is 10.7 Å². The molecule has 2 aromatic rings.